The maximum atomic E-state index is 11.1. The molecule has 0 amide bonds. The second-order valence-corrected chi connectivity index (χ2v) is 3.44. The van der Waals surface area contributed by atoms with Crippen molar-refractivity contribution >= 4 is 11.6 Å². The number of nitrogens with zero attached hydrogens (tertiary/aromatic N) is 2. The molecule has 0 aliphatic heterocycles. The Balaban J connectivity index is 2.32. The van der Waals surface area contributed by atoms with Crippen LogP contribution in [-0.4, -0.2) is 27.6 Å². The number of aromatic nitrogens is 2. The quantitative estimate of drug-likeness (QED) is 0.767. The number of hydrogen-bond donors (Lipinski definition) is 1. The predicted molar refractivity (Wildman–Crippen MR) is 56.8 cm³/mol. The molecule has 84 valence electrons. The summed E-state index contributed by atoms with van der Waals surface area (Å²) in [6.07, 6.45) is 3.73. The zero-order chi connectivity index (χ0) is 11.5. The van der Waals surface area contributed by atoms with E-state index in [4.69, 9.17) is 5.11 Å². The molecule has 0 radical (unpaired) electrons. The van der Waals surface area contributed by atoms with E-state index >= 15 is 0 Å². The van der Waals surface area contributed by atoms with Crippen molar-refractivity contribution in [3.05, 3.63) is 35.8 Å². The number of methoxy groups -OCH3 is 1. The van der Waals surface area contributed by atoms with Gasteiger partial charge in [0.15, 0.2) is 0 Å². The number of carbonyl (C=O) groups excluding carboxylic acids is 1. The highest BCUT2D eigenvalue weighted by Gasteiger charge is 2.07. The lowest BCUT2D eigenvalue weighted by Gasteiger charge is -1.95. The largest absolute Gasteiger partial charge is 0.469 e. The number of esters is 1. The summed E-state index contributed by atoms with van der Waals surface area (Å²) in [5.74, 6) is -0.314. The van der Waals surface area contributed by atoms with Crippen molar-refractivity contribution in [2.75, 3.05) is 7.11 Å². The standard InChI is InChI=1S/C11H12N2O3/c1-16-11(15)5-9-6-13-3-2-8(7-14)4-10(13)12-9/h2-4,6,14H,5,7H2,1H3. The third-order valence-corrected chi connectivity index (χ3v) is 2.31. The highest BCUT2D eigenvalue weighted by atomic mass is 16.5. The van der Waals surface area contributed by atoms with Crippen LogP contribution < -0.4 is 0 Å². The lowest BCUT2D eigenvalue weighted by Crippen LogP contribution is -2.04. The Bertz CT molecular complexity index is 519. The van der Waals surface area contributed by atoms with Gasteiger partial charge in [0.05, 0.1) is 25.8 Å². The van der Waals surface area contributed by atoms with E-state index in [-0.39, 0.29) is 19.0 Å². The third-order valence-electron chi connectivity index (χ3n) is 2.31. The first kappa shape index (κ1) is 10.6. The lowest BCUT2D eigenvalue weighted by molar-refractivity contribution is -0.139. The lowest BCUT2D eigenvalue weighted by atomic mass is 10.3. The Morgan fingerprint density at radius 2 is 2.44 bits per heavy atom. The van der Waals surface area contributed by atoms with Crippen molar-refractivity contribution in [2.45, 2.75) is 13.0 Å². The van der Waals surface area contributed by atoms with E-state index < -0.39 is 0 Å². The first-order valence-corrected chi connectivity index (χ1v) is 4.87. The molecule has 2 rings (SSSR count). The second-order valence-electron chi connectivity index (χ2n) is 3.44. The van der Waals surface area contributed by atoms with Gasteiger partial charge in [0, 0.05) is 12.4 Å². The Labute approximate surface area is 92.3 Å². The van der Waals surface area contributed by atoms with Gasteiger partial charge in [-0.25, -0.2) is 4.98 Å². The van der Waals surface area contributed by atoms with Gasteiger partial charge in [-0.05, 0) is 17.7 Å². The topological polar surface area (TPSA) is 63.8 Å². The number of fused-ring (bicyclic) bond motifs is 1. The summed E-state index contributed by atoms with van der Waals surface area (Å²) in [6.45, 7) is -0.0182. The summed E-state index contributed by atoms with van der Waals surface area (Å²) in [7, 11) is 1.35. The molecule has 0 spiro atoms. The minimum atomic E-state index is -0.314. The molecule has 0 atom stereocenters. The summed E-state index contributed by atoms with van der Waals surface area (Å²) in [6, 6.07) is 3.58. The van der Waals surface area contributed by atoms with Gasteiger partial charge in [-0.2, -0.15) is 0 Å². The first-order valence-electron chi connectivity index (χ1n) is 4.87. The van der Waals surface area contributed by atoms with E-state index in [1.807, 2.05) is 0 Å². The molecule has 1 N–H and O–H groups in total. The molecule has 2 heterocycles. The van der Waals surface area contributed by atoms with Crippen LogP contribution in [0.5, 0.6) is 0 Å². The number of aliphatic hydroxyl groups excluding tert-OH is 1. The average Bonchev–Trinajstić information content (AvgIpc) is 2.69. The molecule has 0 bridgehead atoms. The molecule has 0 aromatic carbocycles. The van der Waals surface area contributed by atoms with E-state index in [1.165, 1.54) is 7.11 Å². The van der Waals surface area contributed by atoms with Crippen LogP contribution in [0.2, 0.25) is 0 Å². The van der Waals surface area contributed by atoms with E-state index in [0.717, 1.165) is 5.56 Å². The van der Waals surface area contributed by atoms with Crippen LogP contribution in [0.15, 0.2) is 24.5 Å². The van der Waals surface area contributed by atoms with Gasteiger partial charge < -0.3 is 14.2 Å². The van der Waals surface area contributed by atoms with Gasteiger partial charge in [0.25, 0.3) is 0 Å². The summed E-state index contributed by atoms with van der Waals surface area (Å²) < 4.78 is 6.37. The fourth-order valence-corrected chi connectivity index (χ4v) is 1.48. The van der Waals surface area contributed by atoms with Crippen LogP contribution in [0.4, 0.5) is 0 Å². The van der Waals surface area contributed by atoms with Crippen molar-refractivity contribution in [1.82, 2.24) is 9.38 Å². The molecular formula is C11H12N2O3. The molecule has 0 unspecified atom stereocenters. The SMILES string of the molecule is COC(=O)Cc1cn2ccc(CO)cc2n1. The molecule has 2 aromatic rings. The molecule has 0 saturated heterocycles. The van der Waals surface area contributed by atoms with Gasteiger partial charge in [-0.3, -0.25) is 4.79 Å². The fraction of sp³-hybridized carbons (Fsp3) is 0.273. The zero-order valence-electron chi connectivity index (χ0n) is 8.88. The van der Waals surface area contributed by atoms with Gasteiger partial charge in [0.2, 0.25) is 0 Å². The van der Waals surface area contributed by atoms with Crippen molar-refractivity contribution in [2.24, 2.45) is 0 Å². The second kappa shape index (κ2) is 4.32. The van der Waals surface area contributed by atoms with Crippen LogP contribution in [0, 0.1) is 0 Å². The predicted octanol–water partition coefficient (Wildman–Crippen LogP) is 0.542. The maximum absolute atomic E-state index is 11.1. The molecule has 0 fully saturated rings. The molecule has 2 aromatic heterocycles. The fourth-order valence-electron chi connectivity index (χ4n) is 1.48. The monoisotopic (exact) mass is 220 g/mol. The van der Waals surface area contributed by atoms with Crippen LogP contribution in [0.3, 0.4) is 0 Å². The van der Waals surface area contributed by atoms with Crippen LogP contribution in [-0.2, 0) is 22.6 Å². The number of carbonyl (C=O) groups is 1. The van der Waals surface area contributed by atoms with E-state index in [2.05, 4.69) is 9.72 Å². The highest BCUT2D eigenvalue weighted by molar-refractivity contribution is 5.72. The maximum Gasteiger partial charge on any atom is 0.311 e. The van der Waals surface area contributed by atoms with Crippen molar-refractivity contribution < 1.29 is 14.6 Å². The number of imidazole rings is 1. The van der Waals surface area contributed by atoms with Gasteiger partial charge in [-0.15, -0.1) is 0 Å². The highest BCUT2D eigenvalue weighted by Crippen LogP contribution is 2.09. The Morgan fingerprint density at radius 1 is 1.62 bits per heavy atom. The Kier molecular flexibility index (Phi) is 2.87. The number of aliphatic hydroxyl groups is 1. The van der Waals surface area contributed by atoms with Gasteiger partial charge >= 0.3 is 5.97 Å². The van der Waals surface area contributed by atoms with Gasteiger partial charge in [-0.1, -0.05) is 0 Å². The Hall–Kier alpha value is -1.88. The van der Waals surface area contributed by atoms with E-state index in [1.54, 1.807) is 28.9 Å². The van der Waals surface area contributed by atoms with Crippen molar-refractivity contribution in [3.8, 4) is 0 Å². The first-order chi connectivity index (χ1) is 7.72. The summed E-state index contributed by atoms with van der Waals surface area (Å²) in [5.41, 5.74) is 2.16. The number of rotatable bonds is 3. The summed E-state index contributed by atoms with van der Waals surface area (Å²) in [4.78, 5) is 15.3. The number of ether oxygens (including phenoxy) is 1. The van der Waals surface area contributed by atoms with E-state index in [0.29, 0.717) is 11.3 Å². The van der Waals surface area contributed by atoms with Crippen LogP contribution >= 0.6 is 0 Å². The molecule has 0 saturated carbocycles. The van der Waals surface area contributed by atoms with Crippen molar-refractivity contribution in [1.29, 1.82) is 0 Å². The van der Waals surface area contributed by atoms with E-state index in [9.17, 15) is 4.79 Å². The number of hydrogen-bond acceptors (Lipinski definition) is 4. The van der Waals surface area contributed by atoms with Crippen LogP contribution in [0.25, 0.3) is 5.65 Å². The smallest absolute Gasteiger partial charge is 0.311 e. The van der Waals surface area contributed by atoms with Gasteiger partial charge in [0.1, 0.15) is 5.65 Å². The van der Waals surface area contributed by atoms with Crippen LogP contribution in [0.1, 0.15) is 11.3 Å². The molecule has 16 heavy (non-hydrogen) atoms. The summed E-state index contributed by atoms with van der Waals surface area (Å²) in [5, 5.41) is 8.98. The molecule has 0 aliphatic rings. The minimum Gasteiger partial charge on any atom is -0.469 e. The molecule has 0 aliphatic carbocycles. The number of pyridine rings is 1. The average molecular weight is 220 g/mol. The molecular weight excluding hydrogens is 208 g/mol. The normalized spacial score (nSPS) is 10.6. The Morgan fingerprint density at radius 3 is 3.12 bits per heavy atom. The zero-order valence-corrected chi connectivity index (χ0v) is 8.88. The third kappa shape index (κ3) is 2.04. The van der Waals surface area contributed by atoms with Crippen molar-refractivity contribution in [3.63, 3.8) is 0 Å². The summed E-state index contributed by atoms with van der Waals surface area (Å²) >= 11 is 0. The molecule has 5 heteroatoms. The molecule has 5 nitrogen and oxygen atoms in total. The minimum absolute atomic E-state index is 0.0182.